The molecule has 0 heterocycles. The van der Waals surface area contributed by atoms with Crippen LogP contribution in [0.1, 0.15) is 63.5 Å². The number of nitrogens with one attached hydrogen (secondary N) is 1. The van der Waals surface area contributed by atoms with E-state index in [2.05, 4.69) is 5.32 Å². The summed E-state index contributed by atoms with van der Waals surface area (Å²) in [7, 11) is 0. The Morgan fingerprint density at radius 3 is 2.50 bits per heavy atom. The fourth-order valence-corrected chi connectivity index (χ4v) is 2.86. The molecule has 1 aromatic rings. The van der Waals surface area contributed by atoms with Crippen LogP contribution in [-0.4, -0.2) is 5.91 Å². The van der Waals surface area contributed by atoms with Crippen LogP contribution in [0.5, 0.6) is 0 Å². The normalized spacial score (nSPS) is 18.9. The highest BCUT2D eigenvalue weighted by molar-refractivity contribution is 5.92. The predicted molar refractivity (Wildman–Crippen MR) is 83.5 cm³/mol. The largest absolute Gasteiger partial charge is 0.326 e. The first-order chi connectivity index (χ1) is 9.66. The second kappa shape index (κ2) is 7.44. The Morgan fingerprint density at radius 2 is 1.85 bits per heavy atom. The van der Waals surface area contributed by atoms with Crippen molar-refractivity contribution in [2.45, 2.75) is 57.9 Å². The van der Waals surface area contributed by atoms with Crippen molar-refractivity contribution in [1.29, 1.82) is 0 Å². The molecular formula is C17H26N2O. The Labute approximate surface area is 121 Å². The lowest BCUT2D eigenvalue weighted by Gasteiger charge is -2.19. The molecule has 1 fully saturated rings. The highest BCUT2D eigenvalue weighted by Crippen LogP contribution is 2.24. The zero-order chi connectivity index (χ0) is 14.4. The van der Waals surface area contributed by atoms with Gasteiger partial charge in [0.2, 0.25) is 5.91 Å². The van der Waals surface area contributed by atoms with Crippen LogP contribution in [-0.2, 0) is 4.79 Å². The van der Waals surface area contributed by atoms with E-state index in [4.69, 9.17) is 5.73 Å². The van der Waals surface area contributed by atoms with Gasteiger partial charge in [-0.05, 0) is 37.5 Å². The Bertz CT molecular complexity index is 434. The van der Waals surface area contributed by atoms with Crippen LogP contribution in [0.4, 0.5) is 5.69 Å². The van der Waals surface area contributed by atoms with Crippen molar-refractivity contribution in [3.63, 3.8) is 0 Å². The van der Waals surface area contributed by atoms with E-state index < -0.39 is 0 Å². The molecule has 0 bridgehead atoms. The number of rotatable bonds is 3. The van der Waals surface area contributed by atoms with Gasteiger partial charge >= 0.3 is 0 Å². The van der Waals surface area contributed by atoms with Crippen molar-refractivity contribution in [3.05, 3.63) is 29.8 Å². The van der Waals surface area contributed by atoms with E-state index in [1.807, 2.05) is 31.2 Å². The summed E-state index contributed by atoms with van der Waals surface area (Å²) in [6.07, 6.45) is 8.27. The van der Waals surface area contributed by atoms with E-state index in [1.54, 1.807) is 0 Å². The molecule has 0 aliphatic heterocycles. The molecule has 1 aromatic carbocycles. The fraction of sp³-hybridized carbons (Fsp3) is 0.588. The monoisotopic (exact) mass is 274 g/mol. The van der Waals surface area contributed by atoms with E-state index in [1.165, 1.54) is 32.1 Å². The van der Waals surface area contributed by atoms with Gasteiger partial charge in [0.25, 0.3) is 0 Å². The fourth-order valence-electron chi connectivity index (χ4n) is 2.86. The summed E-state index contributed by atoms with van der Waals surface area (Å²) in [5.74, 6) is 0.350. The van der Waals surface area contributed by atoms with E-state index in [-0.39, 0.29) is 17.9 Å². The van der Waals surface area contributed by atoms with Crippen LogP contribution in [0.2, 0.25) is 0 Å². The Kier molecular flexibility index (Phi) is 5.60. The highest BCUT2D eigenvalue weighted by atomic mass is 16.1. The zero-order valence-electron chi connectivity index (χ0n) is 12.4. The van der Waals surface area contributed by atoms with Crippen molar-refractivity contribution in [2.75, 3.05) is 5.32 Å². The lowest BCUT2D eigenvalue weighted by Crippen LogP contribution is -2.23. The van der Waals surface area contributed by atoms with Crippen molar-refractivity contribution in [1.82, 2.24) is 0 Å². The van der Waals surface area contributed by atoms with Crippen molar-refractivity contribution in [2.24, 2.45) is 11.7 Å². The van der Waals surface area contributed by atoms with Gasteiger partial charge in [-0.1, -0.05) is 44.2 Å². The van der Waals surface area contributed by atoms with Gasteiger partial charge in [-0.15, -0.1) is 0 Å². The lowest BCUT2D eigenvalue weighted by atomic mass is 9.90. The maximum atomic E-state index is 12.4. The van der Waals surface area contributed by atoms with Gasteiger partial charge in [-0.2, -0.15) is 0 Å². The molecule has 20 heavy (non-hydrogen) atoms. The summed E-state index contributed by atoms with van der Waals surface area (Å²) in [5, 5.41) is 3.06. The average Bonchev–Trinajstić information content (AvgIpc) is 2.38. The van der Waals surface area contributed by atoms with Crippen LogP contribution < -0.4 is 11.1 Å². The molecule has 0 radical (unpaired) electrons. The van der Waals surface area contributed by atoms with E-state index in [0.29, 0.717) is 0 Å². The minimum Gasteiger partial charge on any atom is -0.326 e. The third-order valence-corrected chi connectivity index (χ3v) is 4.16. The van der Waals surface area contributed by atoms with Crippen LogP contribution in [0.3, 0.4) is 0 Å². The van der Waals surface area contributed by atoms with E-state index >= 15 is 0 Å². The molecular weight excluding hydrogens is 248 g/mol. The van der Waals surface area contributed by atoms with Crippen molar-refractivity contribution >= 4 is 11.6 Å². The second-order valence-electron chi connectivity index (χ2n) is 5.95. The smallest absolute Gasteiger partial charge is 0.227 e. The van der Waals surface area contributed by atoms with Crippen molar-refractivity contribution < 1.29 is 4.79 Å². The topological polar surface area (TPSA) is 55.1 Å². The molecule has 3 nitrogen and oxygen atoms in total. The summed E-state index contributed by atoms with van der Waals surface area (Å²) in [5.41, 5.74) is 7.80. The molecule has 3 N–H and O–H groups in total. The number of amides is 1. The van der Waals surface area contributed by atoms with E-state index in [0.717, 1.165) is 24.1 Å². The molecule has 1 saturated carbocycles. The quantitative estimate of drug-likeness (QED) is 0.875. The summed E-state index contributed by atoms with van der Waals surface area (Å²) in [6.45, 7) is 1.95. The Morgan fingerprint density at radius 1 is 1.20 bits per heavy atom. The third kappa shape index (κ3) is 4.34. The third-order valence-electron chi connectivity index (χ3n) is 4.16. The lowest BCUT2D eigenvalue weighted by molar-refractivity contribution is -0.120. The van der Waals surface area contributed by atoms with Gasteiger partial charge in [0.05, 0.1) is 0 Å². The molecule has 0 saturated heterocycles. The molecule has 1 amide bonds. The number of anilines is 1. The molecule has 1 aliphatic carbocycles. The first-order valence-electron chi connectivity index (χ1n) is 7.83. The number of hydrogen-bond donors (Lipinski definition) is 2. The standard InChI is InChI=1S/C17H26N2O/c1-13(18)15-10-7-11-16(12-15)19-17(20)14-8-5-3-2-4-6-9-14/h7,10-14H,2-6,8-9,18H2,1H3,(H,19,20). The molecule has 2 rings (SSSR count). The van der Waals surface area contributed by atoms with Gasteiger partial charge in [-0.25, -0.2) is 0 Å². The molecule has 0 spiro atoms. The number of carbonyl (C=O) groups excluding carboxylic acids is 1. The molecule has 1 unspecified atom stereocenters. The van der Waals surface area contributed by atoms with Crippen molar-refractivity contribution in [3.8, 4) is 0 Å². The summed E-state index contributed by atoms with van der Waals surface area (Å²) in [4.78, 5) is 12.4. The molecule has 1 aliphatic rings. The van der Waals surface area contributed by atoms with Gasteiger partial charge in [0, 0.05) is 17.6 Å². The Hall–Kier alpha value is -1.35. The highest BCUT2D eigenvalue weighted by Gasteiger charge is 2.19. The molecule has 3 heteroatoms. The van der Waals surface area contributed by atoms with Crippen LogP contribution >= 0.6 is 0 Å². The van der Waals surface area contributed by atoms with Gasteiger partial charge in [0.15, 0.2) is 0 Å². The van der Waals surface area contributed by atoms with Crippen LogP contribution in [0, 0.1) is 5.92 Å². The summed E-state index contributed by atoms with van der Waals surface area (Å²) >= 11 is 0. The number of carbonyl (C=O) groups is 1. The van der Waals surface area contributed by atoms with Gasteiger partial charge in [0.1, 0.15) is 0 Å². The molecule has 110 valence electrons. The van der Waals surface area contributed by atoms with Crippen LogP contribution in [0.15, 0.2) is 24.3 Å². The molecule has 0 aromatic heterocycles. The number of nitrogens with two attached hydrogens (primary N) is 1. The zero-order valence-corrected chi connectivity index (χ0v) is 12.4. The SMILES string of the molecule is CC(N)c1cccc(NC(=O)C2CCCCCCC2)c1. The van der Waals surface area contributed by atoms with Gasteiger partial charge < -0.3 is 11.1 Å². The van der Waals surface area contributed by atoms with Gasteiger partial charge in [-0.3, -0.25) is 4.79 Å². The Balaban J connectivity index is 1.97. The predicted octanol–water partition coefficient (Wildman–Crippen LogP) is 4.01. The minimum absolute atomic E-state index is 0.00625. The maximum absolute atomic E-state index is 12.4. The second-order valence-corrected chi connectivity index (χ2v) is 5.95. The molecule has 1 atom stereocenters. The summed E-state index contributed by atoms with van der Waals surface area (Å²) < 4.78 is 0. The average molecular weight is 274 g/mol. The minimum atomic E-state index is -0.00625. The first kappa shape index (κ1) is 15.0. The van der Waals surface area contributed by atoms with E-state index in [9.17, 15) is 4.79 Å². The maximum Gasteiger partial charge on any atom is 0.227 e. The summed E-state index contributed by atoms with van der Waals surface area (Å²) in [6, 6.07) is 7.86. The first-order valence-corrected chi connectivity index (χ1v) is 7.83. The number of hydrogen-bond acceptors (Lipinski definition) is 2. The number of benzene rings is 1. The van der Waals surface area contributed by atoms with Crippen LogP contribution in [0.25, 0.3) is 0 Å².